The van der Waals surface area contributed by atoms with Gasteiger partial charge in [0, 0.05) is 38.2 Å². The summed E-state index contributed by atoms with van der Waals surface area (Å²) in [6, 6.07) is 67.3. The zero-order chi connectivity index (χ0) is 37.0. The number of hydrogen-bond donors (Lipinski definition) is 0. The maximum atomic E-state index is 6.78. The molecule has 0 aliphatic heterocycles. The summed E-state index contributed by atoms with van der Waals surface area (Å²) in [5.41, 5.74) is 12.1. The van der Waals surface area contributed by atoms with Crippen LogP contribution in [0.15, 0.2) is 199 Å². The number of fused-ring (bicyclic) bond motifs is 6. The molecule has 0 unspecified atom stereocenters. The minimum Gasteiger partial charge on any atom is -0.454 e. The lowest BCUT2D eigenvalue weighted by molar-refractivity contribution is 0.666. The fraction of sp³-hybridized carbons (Fsp3) is 0. The van der Waals surface area contributed by atoms with Crippen LogP contribution < -0.4 is 0 Å². The van der Waals surface area contributed by atoms with Crippen LogP contribution in [0.1, 0.15) is 0 Å². The largest absolute Gasteiger partial charge is 0.454 e. The van der Waals surface area contributed by atoms with Crippen molar-refractivity contribution in [2.75, 3.05) is 0 Å². The summed E-state index contributed by atoms with van der Waals surface area (Å²) in [6.45, 7) is 0. The summed E-state index contributed by atoms with van der Waals surface area (Å²) in [4.78, 5) is 15.5. The lowest BCUT2D eigenvalue weighted by Crippen LogP contribution is -2.02. The monoisotopic (exact) mass is 716 g/mol. The Bertz CT molecular complexity index is 3220. The van der Waals surface area contributed by atoms with E-state index in [1.807, 2.05) is 42.5 Å². The molecule has 3 heterocycles. The Morgan fingerprint density at radius 3 is 1.61 bits per heavy atom. The van der Waals surface area contributed by atoms with Crippen LogP contribution >= 0.6 is 0 Å². The van der Waals surface area contributed by atoms with E-state index in [2.05, 4.69) is 156 Å². The molecular formula is C51H32N4O. The number of nitrogens with zero attached hydrogens (tertiary/aromatic N) is 4. The molecule has 0 atom stereocenters. The predicted molar refractivity (Wildman–Crippen MR) is 229 cm³/mol. The SMILES string of the molecule is c1ccc(-c2ccc(-c3nc(-c4ccccc4)nc(-c4cccc5c6ccccc6n(-c6cccc7c6oc6ccc(-c8ccccc8)cc67)c45)n3)cc2)cc1. The van der Waals surface area contributed by atoms with E-state index in [1.165, 1.54) is 5.56 Å². The quantitative estimate of drug-likeness (QED) is 0.172. The second-order valence-electron chi connectivity index (χ2n) is 14.0. The Hall–Kier alpha value is -7.63. The Balaban J connectivity index is 1.15. The number of rotatable bonds is 6. The van der Waals surface area contributed by atoms with Gasteiger partial charge in [0.05, 0.1) is 16.7 Å². The molecule has 0 aliphatic carbocycles. The predicted octanol–water partition coefficient (Wildman–Crippen LogP) is 13.2. The third-order valence-electron chi connectivity index (χ3n) is 10.7. The van der Waals surface area contributed by atoms with E-state index in [9.17, 15) is 0 Å². The highest BCUT2D eigenvalue weighted by Gasteiger charge is 2.22. The zero-order valence-corrected chi connectivity index (χ0v) is 30.2. The second kappa shape index (κ2) is 13.0. The summed E-state index contributed by atoms with van der Waals surface area (Å²) in [6.07, 6.45) is 0. The smallest absolute Gasteiger partial charge is 0.166 e. The first-order chi connectivity index (χ1) is 27.8. The van der Waals surface area contributed by atoms with Gasteiger partial charge in [-0.2, -0.15) is 0 Å². The molecule has 0 saturated carbocycles. The molecule has 11 aromatic rings. The number of benzene rings is 8. The van der Waals surface area contributed by atoms with Gasteiger partial charge in [0.1, 0.15) is 5.58 Å². The fourth-order valence-electron chi connectivity index (χ4n) is 8.00. The highest BCUT2D eigenvalue weighted by Crippen LogP contribution is 2.42. The zero-order valence-electron chi connectivity index (χ0n) is 30.2. The minimum atomic E-state index is 0.597. The van der Waals surface area contributed by atoms with Gasteiger partial charge in [-0.15, -0.1) is 0 Å². The van der Waals surface area contributed by atoms with E-state index in [-0.39, 0.29) is 0 Å². The van der Waals surface area contributed by atoms with Crippen LogP contribution in [-0.4, -0.2) is 19.5 Å². The van der Waals surface area contributed by atoms with Gasteiger partial charge in [0.15, 0.2) is 23.1 Å². The lowest BCUT2D eigenvalue weighted by atomic mass is 10.0. The molecule has 56 heavy (non-hydrogen) atoms. The van der Waals surface area contributed by atoms with Crippen LogP contribution in [0.2, 0.25) is 0 Å². The lowest BCUT2D eigenvalue weighted by Gasteiger charge is -2.13. The summed E-state index contributed by atoms with van der Waals surface area (Å²) in [5, 5.41) is 4.38. The van der Waals surface area contributed by atoms with Gasteiger partial charge >= 0.3 is 0 Å². The molecular weight excluding hydrogens is 685 g/mol. The molecule has 11 rings (SSSR count). The van der Waals surface area contributed by atoms with Crippen molar-refractivity contribution in [3.05, 3.63) is 194 Å². The van der Waals surface area contributed by atoms with Gasteiger partial charge in [0.25, 0.3) is 0 Å². The van der Waals surface area contributed by atoms with Crippen molar-refractivity contribution >= 4 is 43.7 Å². The highest BCUT2D eigenvalue weighted by atomic mass is 16.3. The van der Waals surface area contributed by atoms with Crippen LogP contribution in [0, 0.1) is 0 Å². The summed E-state index contributed by atoms with van der Waals surface area (Å²) < 4.78 is 9.10. The van der Waals surface area contributed by atoms with Gasteiger partial charge in [-0.3, -0.25) is 0 Å². The second-order valence-corrected chi connectivity index (χ2v) is 14.0. The number of para-hydroxylation sites is 3. The normalized spacial score (nSPS) is 11.6. The van der Waals surface area contributed by atoms with Crippen LogP contribution in [0.25, 0.3) is 106 Å². The van der Waals surface area contributed by atoms with E-state index in [0.29, 0.717) is 17.5 Å². The summed E-state index contributed by atoms with van der Waals surface area (Å²) in [5.74, 6) is 1.83. The van der Waals surface area contributed by atoms with Crippen molar-refractivity contribution in [1.29, 1.82) is 0 Å². The average molecular weight is 717 g/mol. The van der Waals surface area contributed by atoms with E-state index in [1.54, 1.807) is 0 Å². The van der Waals surface area contributed by atoms with E-state index in [4.69, 9.17) is 19.4 Å². The van der Waals surface area contributed by atoms with Crippen molar-refractivity contribution in [3.63, 3.8) is 0 Å². The average Bonchev–Trinajstić information content (AvgIpc) is 3.83. The fourth-order valence-corrected chi connectivity index (χ4v) is 8.00. The first kappa shape index (κ1) is 31.9. The molecule has 8 aromatic carbocycles. The molecule has 262 valence electrons. The summed E-state index contributed by atoms with van der Waals surface area (Å²) >= 11 is 0. The maximum Gasteiger partial charge on any atom is 0.166 e. The van der Waals surface area contributed by atoms with Crippen molar-refractivity contribution in [1.82, 2.24) is 19.5 Å². The van der Waals surface area contributed by atoms with E-state index < -0.39 is 0 Å². The first-order valence-corrected chi connectivity index (χ1v) is 18.8. The van der Waals surface area contributed by atoms with Gasteiger partial charge in [-0.1, -0.05) is 164 Å². The highest BCUT2D eigenvalue weighted by molar-refractivity contribution is 6.15. The standard InChI is InChI=1S/C51H32N4O/c1-4-14-33(15-5-1)35-26-28-37(29-27-35)50-52-49(36-18-8-3-9-19-36)53-51(54-50)42-23-12-21-40-39-20-10-11-24-44(39)55(47(40)42)45-25-13-22-41-43-32-38(34-16-6-2-7-17-34)30-31-46(43)56-48(41)45/h1-32H. The van der Waals surface area contributed by atoms with Crippen molar-refractivity contribution < 1.29 is 4.42 Å². The minimum absolute atomic E-state index is 0.597. The van der Waals surface area contributed by atoms with Gasteiger partial charge in [-0.05, 0) is 52.6 Å². The Labute approximate surface area is 322 Å². The topological polar surface area (TPSA) is 56.7 Å². The molecule has 5 nitrogen and oxygen atoms in total. The van der Waals surface area contributed by atoms with Crippen molar-refractivity contribution in [2.24, 2.45) is 0 Å². The molecule has 3 aromatic heterocycles. The van der Waals surface area contributed by atoms with E-state index >= 15 is 0 Å². The third kappa shape index (κ3) is 5.29. The molecule has 0 radical (unpaired) electrons. The van der Waals surface area contributed by atoms with Crippen molar-refractivity contribution in [2.45, 2.75) is 0 Å². The number of furan rings is 1. The molecule has 0 spiro atoms. The first-order valence-electron chi connectivity index (χ1n) is 18.8. The van der Waals surface area contributed by atoms with Crippen LogP contribution in [0.3, 0.4) is 0 Å². The van der Waals surface area contributed by atoms with Crippen LogP contribution in [0.4, 0.5) is 0 Å². The summed E-state index contributed by atoms with van der Waals surface area (Å²) in [7, 11) is 0. The van der Waals surface area contributed by atoms with Crippen molar-refractivity contribution in [3.8, 4) is 62.1 Å². The Kier molecular flexibility index (Phi) is 7.42. The molecule has 0 bridgehead atoms. The molecule has 0 amide bonds. The van der Waals surface area contributed by atoms with Crippen LogP contribution in [-0.2, 0) is 0 Å². The van der Waals surface area contributed by atoms with Gasteiger partial charge in [0.2, 0.25) is 0 Å². The van der Waals surface area contributed by atoms with E-state index in [0.717, 1.165) is 82.8 Å². The maximum absolute atomic E-state index is 6.78. The molecule has 0 saturated heterocycles. The third-order valence-corrected chi connectivity index (χ3v) is 10.7. The Morgan fingerprint density at radius 2 is 0.875 bits per heavy atom. The van der Waals surface area contributed by atoms with Gasteiger partial charge in [-0.25, -0.2) is 15.0 Å². The molecule has 5 heteroatoms. The number of hydrogen-bond acceptors (Lipinski definition) is 4. The molecule has 0 N–H and O–H groups in total. The molecule has 0 fully saturated rings. The molecule has 0 aliphatic rings. The van der Waals surface area contributed by atoms with Crippen LogP contribution in [0.5, 0.6) is 0 Å². The Morgan fingerprint density at radius 1 is 0.357 bits per heavy atom. The number of aromatic nitrogens is 4. The van der Waals surface area contributed by atoms with Gasteiger partial charge < -0.3 is 8.98 Å².